The summed E-state index contributed by atoms with van der Waals surface area (Å²) in [5.74, 6) is 0.773. The lowest BCUT2D eigenvalue weighted by Gasteiger charge is -2.46. The molecule has 0 aliphatic carbocycles. The summed E-state index contributed by atoms with van der Waals surface area (Å²) in [7, 11) is -1.89. The van der Waals surface area contributed by atoms with Gasteiger partial charge in [-0.25, -0.2) is 19.9 Å². The highest BCUT2D eigenvalue weighted by molar-refractivity contribution is 6.74. The van der Waals surface area contributed by atoms with Gasteiger partial charge in [0.15, 0.2) is 25.9 Å². The molecule has 1 N–H and O–H groups in total. The van der Waals surface area contributed by atoms with Gasteiger partial charge < -0.3 is 14.5 Å². The van der Waals surface area contributed by atoms with E-state index in [-0.39, 0.29) is 22.9 Å². The molecule has 5 heterocycles. The molecule has 0 spiro atoms. The first-order valence-corrected chi connectivity index (χ1v) is 16.4. The number of amides is 1. The zero-order chi connectivity index (χ0) is 28.5. The lowest BCUT2D eigenvalue weighted by atomic mass is 10.1. The number of nitrogens with zero attached hydrogens (tertiary/aromatic N) is 7. The zero-order valence-corrected chi connectivity index (χ0v) is 25.0. The van der Waals surface area contributed by atoms with E-state index in [1.165, 1.54) is 11.0 Å². The molecule has 1 amide bonds. The molecule has 1 atom stereocenters. The van der Waals surface area contributed by atoms with Crippen molar-refractivity contribution in [3.8, 4) is 11.7 Å². The van der Waals surface area contributed by atoms with Gasteiger partial charge in [0.2, 0.25) is 5.88 Å². The number of hydrogen-bond acceptors (Lipinski definition) is 9. The monoisotopic (exact) mass is 580 g/mol. The van der Waals surface area contributed by atoms with Gasteiger partial charge in [-0.2, -0.15) is 9.78 Å². The van der Waals surface area contributed by atoms with E-state index in [0.717, 1.165) is 13.1 Å². The van der Waals surface area contributed by atoms with Gasteiger partial charge in [0.25, 0.3) is 5.91 Å². The molecule has 13 heteroatoms. The Labute approximate surface area is 239 Å². The second-order valence-corrected chi connectivity index (χ2v) is 16.5. The summed E-state index contributed by atoms with van der Waals surface area (Å²) in [4.78, 5) is 32.8. The minimum atomic E-state index is -1.89. The van der Waals surface area contributed by atoms with Crippen LogP contribution in [0.25, 0.3) is 16.9 Å². The summed E-state index contributed by atoms with van der Waals surface area (Å²) in [6, 6.07) is 8.79. The molecule has 1 aliphatic rings. The molecule has 0 saturated carbocycles. The van der Waals surface area contributed by atoms with E-state index in [4.69, 9.17) is 20.8 Å². The number of pyridine rings is 2. The quantitative estimate of drug-likeness (QED) is 0.288. The van der Waals surface area contributed by atoms with Gasteiger partial charge in [-0.15, -0.1) is 0 Å². The van der Waals surface area contributed by atoms with Crippen LogP contribution < -0.4 is 10.1 Å². The van der Waals surface area contributed by atoms with Crippen LogP contribution in [0, 0.1) is 0 Å². The maximum Gasteiger partial charge on any atom is 0.268 e. The molecule has 1 fully saturated rings. The highest BCUT2D eigenvalue weighted by atomic mass is 35.5. The number of carbonyl (C=O) groups is 1. The van der Waals surface area contributed by atoms with Gasteiger partial charge in [-0.1, -0.05) is 38.4 Å². The number of ether oxygens (including phenoxy) is 1. The highest BCUT2D eigenvalue weighted by Crippen LogP contribution is 2.38. The fraction of sp³-hybridized carbons (Fsp3) is 0.407. The Morgan fingerprint density at radius 3 is 2.60 bits per heavy atom. The molecule has 0 bridgehead atoms. The van der Waals surface area contributed by atoms with Crippen LogP contribution in [0.3, 0.4) is 0 Å². The molecule has 4 aromatic heterocycles. The molecular weight excluding hydrogens is 548 g/mol. The van der Waals surface area contributed by atoms with Crippen molar-refractivity contribution in [2.24, 2.45) is 0 Å². The SMILES string of the molecule is CC(C)(C)[Si](C)(C)OC1CN(C[C@H](Oc2ncnc3c2cnn3-c2ncccc2Cl)C(=O)Nc2ccccn2)C1. The zero-order valence-electron chi connectivity index (χ0n) is 23.2. The van der Waals surface area contributed by atoms with Crippen LogP contribution in [0.15, 0.2) is 55.2 Å². The maximum atomic E-state index is 13.4. The Morgan fingerprint density at radius 1 is 1.12 bits per heavy atom. The Balaban J connectivity index is 1.36. The van der Waals surface area contributed by atoms with Gasteiger partial charge in [-0.05, 0) is 42.4 Å². The van der Waals surface area contributed by atoms with E-state index < -0.39 is 14.4 Å². The Kier molecular flexibility index (Phi) is 7.86. The number of anilines is 1. The predicted octanol–water partition coefficient (Wildman–Crippen LogP) is 4.35. The average molecular weight is 581 g/mol. The summed E-state index contributed by atoms with van der Waals surface area (Å²) in [6.07, 6.45) is 5.45. The topological polar surface area (TPSA) is 120 Å². The minimum Gasteiger partial charge on any atom is -0.462 e. The lowest BCUT2D eigenvalue weighted by Crippen LogP contribution is -2.60. The lowest BCUT2D eigenvalue weighted by molar-refractivity contribution is -0.125. The first kappa shape index (κ1) is 28.1. The van der Waals surface area contributed by atoms with E-state index in [1.54, 1.807) is 42.9 Å². The van der Waals surface area contributed by atoms with Gasteiger partial charge >= 0.3 is 0 Å². The summed E-state index contributed by atoms with van der Waals surface area (Å²) in [5.41, 5.74) is 0.460. The molecule has 40 heavy (non-hydrogen) atoms. The van der Waals surface area contributed by atoms with Crippen molar-refractivity contribution in [2.75, 3.05) is 25.0 Å². The molecule has 1 saturated heterocycles. The second kappa shape index (κ2) is 11.2. The molecule has 5 rings (SSSR count). The molecule has 0 aromatic carbocycles. The molecule has 4 aromatic rings. The van der Waals surface area contributed by atoms with Crippen molar-refractivity contribution in [3.63, 3.8) is 0 Å². The van der Waals surface area contributed by atoms with Crippen LogP contribution in [0.2, 0.25) is 23.2 Å². The van der Waals surface area contributed by atoms with E-state index in [2.05, 4.69) is 69.1 Å². The number of nitrogens with one attached hydrogen (secondary N) is 1. The van der Waals surface area contributed by atoms with E-state index in [0.29, 0.717) is 34.2 Å². The summed E-state index contributed by atoms with van der Waals surface area (Å²) >= 11 is 6.34. The van der Waals surface area contributed by atoms with Crippen LogP contribution >= 0.6 is 11.6 Å². The first-order chi connectivity index (χ1) is 19.0. The summed E-state index contributed by atoms with van der Waals surface area (Å²) in [6.45, 7) is 13.0. The van der Waals surface area contributed by atoms with E-state index in [9.17, 15) is 4.79 Å². The first-order valence-electron chi connectivity index (χ1n) is 13.1. The normalized spacial score (nSPS) is 15.6. The van der Waals surface area contributed by atoms with Crippen LogP contribution in [0.5, 0.6) is 5.88 Å². The third kappa shape index (κ3) is 5.99. The highest BCUT2D eigenvalue weighted by Gasteiger charge is 2.42. The Hall–Kier alpha value is -3.45. The second-order valence-electron chi connectivity index (χ2n) is 11.3. The van der Waals surface area contributed by atoms with Crippen LogP contribution in [0.4, 0.5) is 5.82 Å². The molecule has 0 radical (unpaired) electrons. The van der Waals surface area contributed by atoms with Gasteiger partial charge in [0.05, 0.1) is 17.3 Å². The number of halogens is 1. The Bertz CT molecular complexity index is 1490. The molecule has 210 valence electrons. The summed E-state index contributed by atoms with van der Waals surface area (Å²) < 4.78 is 14.3. The van der Waals surface area contributed by atoms with E-state index in [1.807, 2.05) is 6.07 Å². The van der Waals surface area contributed by atoms with Crippen LogP contribution in [0.1, 0.15) is 20.8 Å². The average Bonchev–Trinajstić information content (AvgIpc) is 3.32. The smallest absolute Gasteiger partial charge is 0.268 e. The van der Waals surface area contributed by atoms with Crippen LogP contribution in [-0.4, -0.2) is 80.7 Å². The molecule has 1 aliphatic heterocycles. The predicted molar refractivity (Wildman–Crippen MR) is 155 cm³/mol. The van der Waals surface area contributed by atoms with Gasteiger partial charge in [-0.3, -0.25) is 9.69 Å². The van der Waals surface area contributed by atoms with Crippen molar-refractivity contribution in [3.05, 3.63) is 60.3 Å². The number of rotatable bonds is 9. The number of likely N-dealkylation sites (tertiary alicyclic amines) is 1. The third-order valence-corrected chi connectivity index (χ3v) is 12.2. The minimum absolute atomic E-state index is 0.129. The van der Waals surface area contributed by atoms with Gasteiger partial charge in [0, 0.05) is 32.0 Å². The van der Waals surface area contributed by atoms with E-state index >= 15 is 0 Å². The van der Waals surface area contributed by atoms with Gasteiger partial charge in [0.1, 0.15) is 17.5 Å². The largest absolute Gasteiger partial charge is 0.462 e. The molecular formula is C27H33ClN8O3Si. The van der Waals surface area contributed by atoms with Crippen LogP contribution in [-0.2, 0) is 9.22 Å². The van der Waals surface area contributed by atoms with Crippen molar-refractivity contribution < 1.29 is 14.0 Å². The summed E-state index contributed by atoms with van der Waals surface area (Å²) in [5, 5.41) is 8.35. The number of carbonyl (C=O) groups excluding carboxylic acids is 1. The van der Waals surface area contributed by atoms with Crippen molar-refractivity contribution in [1.82, 2.24) is 34.6 Å². The standard InChI is InChI=1S/C27H33ClN8O3Si/c1-27(2,3)40(4,5)39-18-14-35(15-18)16-21(25(37)34-22-10-6-7-11-29-22)38-26-19-13-33-36(23(19)31-17-32-26)24-20(28)9-8-12-30-24/h6-13,17-18,21H,14-16H2,1-5H3,(H,29,34,37)/t21-/m0/s1. The number of hydrogen-bond donors (Lipinski definition) is 1. The van der Waals surface area contributed by atoms with Crippen molar-refractivity contribution in [2.45, 2.75) is 51.1 Å². The third-order valence-electron chi connectivity index (χ3n) is 7.35. The maximum absolute atomic E-state index is 13.4. The Morgan fingerprint density at radius 2 is 1.90 bits per heavy atom. The van der Waals surface area contributed by atoms with Crippen molar-refractivity contribution >= 4 is 42.7 Å². The molecule has 11 nitrogen and oxygen atoms in total. The molecule has 0 unspecified atom stereocenters. The fourth-order valence-corrected chi connectivity index (χ4v) is 5.67. The number of fused-ring (bicyclic) bond motifs is 1. The van der Waals surface area contributed by atoms with Crippen molar-refractivity contribution in [1.29, 1.82) is 0 Å². The number of aromatic nitrogens is 6. The fourth-order valence-electron chi connectivity index (χ4n) is 4.13.